The van der Waals surface area contributed by atoms with E-state index in [9.17, 15) is 9.18 Å². The first-order valence-corrected chi connectivity index (χ1v) is 6.56. The van der Waals surface area contributed by atoms with E-state index in [0.29, 0.717) is 15.7 Å². The third-order valence-electron chi connectivity index (χ3n) is 2.86. The molecule has 100 valence electrons. The minimum Gasteiger partial charge on any atom is -0.311 e. The number of nitriles is 1. The molecule has 0 saturated heterocycles. The summed E-state index contributed by atoms with van der Waals surface area (Å²) in [6.07, 6.45) is 0. The molecule has 0 saturated carbocycles. The van der Waals surface area contributed by atoms with E-state index >= 15 is 0 Å². The first-order valence-electron chi connectivity index (χ1n) is 5.77. The van der Waals surface area contributed by atoms with Gasteiger partial charge in [0, 0.05) is 17.2 Å². The Morgan fingerprint density at radius 1 is 1.25 bits per heavy atom. The molecular formula is C15H10BrFN2O. The minimum atomic E-state index is -0.579. The van der Waals surface area contributed by atoms with Crippen LogP contribution >= 0.6 is 15.9 Å². The van der Waals surface area contributed by atoms with E-state index in [1.165, 1.54) is 17.0 Å². The van der Waals surface area contributed by atoms with Gasteiger partial charge >= 0.3 is 0 Å². The van der Waals surface area contributed by atoms with Crippen molar-refractivity contribution in [3.63, 3.8) is 0 Å². The largest absolute Gasteiger partial charge is 0.311 e. The van der Waals surface area contributed by atoms with Crippen molar-refractivity contribution in [3.05, 3.63) is 63.9 Å². The normalized spacial score (nSPS) is 9.90. The zero-order valence-electron chi connectivity index (χ0n) is 10.6. The number of benzene rings is 2. The molecule has 0 bridgehead atoms. The van der Waals surface area contributed by atoms with Gasteiger partial charge in [-0.1, -0.05) is 6.07 Å². The Kier molecular flexibility index (Phi) is 4.16. The van der Waals surface area contributed by atoms with Crippen LogP contribution in [0.5, 0.6) is 0 Å². The molecule has 0 radical (unpaired) electrons. The molecule has 0 aromatic heterocycles. The molecule has 1 amide bonds. The molecule has 0 heterocycles. The van der Waals surface area contributed by atoms with Crippen LogP contribution in [-0.2, 0) is 0 Å². The number of hydrogen-bond acceptors (Lipinski definition) is 2. The average molecular weight is 333 g/mol. The van der Waals surface area contributed by atoms with Gasteiger partial charge in [0.1, 0.15) is 5.82 Å². The fourth-order valence-electron chi connectivity index (χ4n) is 1.75. The average Bonchev–Trinajstić information content (AvgIpc) is 2.46. The SMILES string of the molecule is CN(C(=O)c1c(F)cccc1Br)c1ccc(C#N)cc1. The van der Waals surface area contributed by atoms with Crippen LogP contribution in [0.3, 0.4) is 0 Å². The minimum absolute atomic E-state index is 0.0145. The quantitative estimate of drug-likeness (QED) is 0.840. The Balaban J connectivity index is 2.35. The number of carbonyl (C=O) groups excluding carboxylic acids is 1. The molecule has 2 aromatic rings. The molecule has 0 atom stereocenters. The number of rotatable bonds is 2. The second kappa shape index (κ2) is 5.85. The zero-order valence-corrected chi connectivity index (χ0v) is 12.2. The van der Waals surface area contributed by atoms with Gasteiger partial charge in [-0.3, -0.25) is 4.79 Å². The van der Waals surface area contributed by atoms with Crippen molar-refractivity contribution in [3.8, 4) is 6.07 Å². The molecule has 0 fully saturated rings. The Morgan fingerprint density at radius 2 is 1.90 bits per heavy atom. The predicted molar refractivity (Wildman–Crippen MR) is 78.0 cm³/mol. The van der Waals surface area contributed by atoms with Crippen molar-refractivity contribution < 1.29 is 9.18 Å². The van der Waals surface area contributed by atoms with Crippen LogP contribution in [0.4, 0.5) is 10.1 Å². The highest BCUT2D eigenvalue weighted by Gasteiger charge is 2.20. The maximum Gasteiger partial charge on any atom is 0.262 e. The summed E-state index contributed by atoms with van der Waals surface area (Å²) in [5, 5.41) is 8.74. The van der Waals surface area contributed by atoms with Crippen molar-refractivity contribution in [2.45, 2.75) is 0 Å². The van der Waals surface area contributed by atoms with Gasteiger partial charge in [0.15, 0.2) is 0 Å². The topological polar surface area (TPSA) is 44.1 Å². The van der Waals surface area contributed by atoms with Crippen LogP contribution in [0.15, 0.2) is 46.9 Å². The van der Waals surface area contributed by atoms with Gasteiger partial charge in [-0.25, -0.2) is 4.39 Å². The highest BCUT2D eigenvalue weighted by molar-refractivity contribution is 9.10. The number of nitrogens with zero attached hydrogens (tertiary/aromatic N) is 2. The summed E-state index contributed by atoms with van der Waals surface area (Å²) >= 11 is 3.18. The lowest BCUT2D eigenvalue weighted by Crippen LogP contribution is -2.27. The number of halogens is 2. The smallest absolute Gasteiger partial charge is 0.262 e. The van der Waals surface area contributed by atoms with Crippen molar-refractivity contribution >= 4 is 27.5 Å². The van der Waals surface area contributed by atoms with E-state index < -0.39 is 11.7 Å². The highest BCUT2D eigenvalue weighted by atomic mass is 79.9. The third-order valence-corrected chi connectivity index (χ3v) is 3.53. The Hall–Kier alpha value is -2.19. The second-order valence-corrected chi connectivity index (χ2v) is 4.97. The van der Waals surface area contributed by atoms with Crippen LogP contribution in [0.25, 0.3) is 0 Å². The van der Waals surface area contributed by atoms with Gasteiger partial charge in [-0.05, 0) is 52.3 Å². The monoisotopic (exact) mass is 332 g/mol. The summed E-state index contributed by atoms with van der Waals surface area (Å²) in [4.78, 5) is 13.7. The van der Waals surface area contributed by atoms with E-state index in [0.717, 1.165) is 0 Å². The van der Waals surface area contributed by atoms with E-state index in [-0.39, 0.29) is 5.56 Å². The van der Waals surface area contributed by atoms with Gasteiger partial charge in [0.2, 0.25) is 0 Å². The van der Waals surface area contributed by atoms with Crippen molar-refractivity contribution in [2.75, 3.05) is 11.9 Å². The first kappa shape index (κ1) is 14.2. The summed E-state index contributed by atoms with van der Waals surface area (Å²) in [5.74, 6) is -1.04. The van der Waals surface area contributed by atoms with E-state index in [4.69, 9.17) is 5.26 Å². The fourth-order valence-corrected chi connectivity index (χ4v) is 2.26. The lowest BCUT2D eigenvalue weighted by Gasteiger charge is -2.18. The molecule has 0 spiro atoms. The van der Waals surface area contributed by atoms with Crippen LogP contribution in [0.1, 0.15) is 15.9 Å². The molecule has 5 heteroatoms. The van der Waals surface area contributed by atoms with Crippen LogP contribution in [-0.4, -0.2) is 13.0 Å². The van der Waals surface area contributed by atoms with Crippen molar-refractivity contribution in [2.24, 2.45) is 0 Å². The summed E-state index contributed by atoms with van der Waals surface area (Å²) in [6, 6.07) is 12.9. The van der Waals surface area contributed by atoms with Crippen LogP contribution in [0, 0.1) is 17.1 Å². The lowest BCUT2D eigenvalue weighted by atomic mass is 10.1. The lowest BCUT2D eigenvalue weighted by molar-refractivity contribution is 0.0988. The predicted octanol–water partition coefficient (Wildman–Crippen LogP) is 3.74. The fraction of sp³-hybridized carbons (Fsp3) is 0.0667. The first-order chi connectivity index (χ1) is 9.54. The van der Waals surface area contributed by atoms with Gasteiger partial charge in [0.25, 0.3) is 5.91 Å². The Labute approximate surface area is 124 Å². The third kappa shape index (κ3) is 2.70. The standard InChI is InChI=1S/C15H10BrFN2O/c1-19(11-7-5-10(9-18)6-8-11)15(20)14-12(16)3-2-4-13(14)17/h2-8H,1H3. The summed E-state index contributed by atoms with van der Waals surface area (Å²) in [5.41, 5.74) is 1.07. The number of carbonyl (C=O) groups is 1. The molecule has 0 N–H and O–H groups in total. The molecular weight excluding hydrogens is 323 g/mol. The van der Waals surface area contributed by atoms with E-state index in [1.807, 2.05) is 6.07 Å². The molecule has 0 aliphatic heterocycles. The molecule has 20 heavy (non-hydrogen) atoms. The van der Waals surface area contributed by atoms with Crippen LogP contribution in [0.2, 0.25) is 0 Å². The molecule has 3 nitrogen and oxygen atoms in total. The molecule has 2 aromatic carbocycles. The Morgan fingerprint density at radius 3 is 2.45 bits per heavy atom. The number of amides is 1. The van der Waals surface area contributed by atoms with Gasteiger partial charge in [0.05, 0.1) is 17.2 Å². The molecule has 0 aliphatic carbocycles. The van der Waals surface area contributed by atoms with Gasteiger partial charge < -0.3 is 4.90 Å². The van der Waals surface area contributed by atoms with E-state index in [2.05, 4.69) is 15.9 Å². The number of anilines is 1. The number of hydrogen-bond donors (Lipinski definition) is 0. The summed E-state index contributed by atoms with van der Waals surface area (Å²) in [6.45, 7) is 0. The van der Waals surface area contributed by atoms with Crippen molar-refractivity contribution in [1.29, 1.82) is 5.26 Å². The van der Waals surface area contributed by atoms with Crippen LogP contribution < -0.4 is 4.90 Å². The van der Waals surface area contributed by atoms with E-state index in [1.54, 1.807) is 37.4 Å². The maximum absolute atomic E-state index is 13.8. The molecule has 0 unspecified atom stereocenters. The summed E-state index contributed by atoms with van der Waals surface area (Å²) in [7, 11) is 1.56. The Bertz CT molecular complexity index is 672. The zero-order chi connectivity index (χ0) is 14.7. The van der Waals surface area contributed by atoms with Gasteiger partial charge in [-0.2, -0.15) is 5.26 Å². The summed E-state index contributed by atoms with van der Waals surface area (Å²) < 4.78 is 14.2. The van der Waals surface area contributed by atoms with Gasteiger partial charge in [-0.15, -0.1) is 0 Å². The molecule has 0 aliphatic rings. The molecule has 2 rings (SSSR count). The second-order valence-electron chi connectivity index (χ2n) is 4.12. The maximum atomic E-state index is 13.8. The van der Waals surface area contributed by atoms with Crippen molar-refractivity contribution in [1.82, 2.24) is 0 Å². The highest BCUT2D eigenvalue weighted by Crippen LogP contribution is 2.23.